The van der Waals surface area contributed by atoms with Crippen LogP contribution in [-0.2, 0) is 0 Å². The third-order valence-corrected chi connectivity index (χ3v) is 3.23. The first-order chi connectivity index (χ1) is 9.49. The zero-order valence-electron chi connectivity index (χ0n) is 12.3. The average molecular weight is 269 g/mol. The van der Waals surface area contributed by atoms with Crippen LogP contribution in [0.25, 0.3) is 0 Å². The molecule has 1 heterocycles. The van der Waals surface area contributed by atoms with Crippen LogP contribution in [0.5, 0.6) is 11.6 Å². The van der Waals surface area contributed by atoms with E-state index in [4.69, 9.17) is 4.74 Å². The normalized spacial score (nSPS) is 10.7. The molecule has 20 heavy (non-hydrogen) atoms. The molecular formula is C17H19NO2. The lowest BCUT2D eigenvalue weighted by atomic mass is 9.98. The number of aryl methyl sites for hydroxylation is 1. The van der Waals surface area contributed by atoms with Gasteiger partial charge in [0.15, 0.2) is 5.78 Å². The Hall–Kier alpha value is -2.16. The predicted octanol–water partition coefficient (Wildman–Crippen LogP) is 4.51. The van der Waals surface area contributed by atoms with Gasteiger partial charge in [-0.25, -0.2) is 4.98 Å². The van der Waals surface area contributed by atoms with Gasteiger partial charge in [-0.15, -0.1) is 0 Å². The van der Waals surface area contributed by atoms with Crippen LogP contribution in [0.1, 0.15) is 48.2 Å². The molecule has 0 aliphatic heterocycles. The highest BCUT2D eigenvalue weighted by Gasteiger charge is 2.11. The van der Waals surface area contributed by atoms with Crippen LogP contribution in [0.4, 0.5) is 0 Å². The van der Waals surface area contributed by atoms with Gasteiger partial charge >= 0.3 is 0 Å². The van der Waals surface area contributed by atoms with Crippen LogP contribution in [0, 0.1) is 6.92 Å². The summed E-state index contributed by atoms with van der Waals surface area (Å²) in [4.78, 5) is 15.7. The largest absolute Gasteiger partial charge is 0.438 e. The minimum Gasteiger partial charge on any atom is -0.438 e. The van der Waals surface area contributed by atoms with Gasteiger partial charge in [-0.3, -0.25) is 4.79 Å². The first-order valence-electron chi connectivity index (χ1n) is 6.73. The quantitative estimate of drug-likeness (QED) is 0.767. The highest BCUT2D eigenvalue weighted by atomic mass is 16.5. The average Bonchev–Trinajstić information content (AvgIpc) is 2.38. The van der Waals surface area contributed by atoms with Crippen molar-refractivity contribution in [2.45, 2.75) is 33.6 Å². The standard InChI is InChI=1S/C17H19NO2/c1-11(2)15-8-7-14(10-12(15)3)20-17-16(13(4)19)6-5-9-18-17/h5-11H,1-4H3. The number of ketones is 1. The molecule has 3 heteroatoms. The van der Waals surface area contributed by atoms with Gasteiger partial charge in [0.05, 0.1) is 5.56 Å². The smallest absolute Gasteiger partial charge is 0.230 e. The molecule has 2 rings (SSSR count). The summed E-state index contributed by atoms with van der Waals surface area (Å²) in [6, 6.07) is 9.41. The molecule has 0 spiro atoms. The van der Waals surface area contributed by atoms with Crippen LogP contribution in [0.3, 0.4) is 0 Å². The van der Waals surface area contributed by atoms with Crippen molar-refractivity contribution in [3.63, 3.8) is 0 Å². The number of nitrogens with zero attached hydrogens (tertiary/aromatic N) is 1. The summed E-state index contributed by atoms with van der Waals surface area (Å²) < 4.78 is 5.75. The SMILES string of the molecule is CC(=O)c1cccnc1Oc1ccc(C(C)C)c(C)c1. The Kier molecular flexibility index (Phi) is 4.18. The van der Waals surface area contributed by atoms with Gasteiger partial charge in [-0.05, 0) is 55.2 Å². The predicted molar refractivity (Wildman–Crippen MR) is 79.6 cm³/mol. The highest BCUT2D eigenvalue weighted by Crippen LogP contribution is 2.27. The molecule has 0 saturated carbocycles. The number of hydrogen-bond donors (Lipinski definition) is 0. The molecule has 0 atom stereocenters. The summed E-state index contributed by atoms with van der Waals surface area (Å²) in [6.45, 7) is 7.90. The number of hydrogen-bond acceptors (Lipinski definition) is 3. The number of carbonyl (C=O) groups excluding carboxylic acids is 1. The summed E-state index contributed by atoms with van der Waals surface area (Å²) in [5.41, 5.74) is 2.97. The third kappa shape index (κ3) is 3.05. The first kappa shape index (κ1) is 14.3. The Morgan fingerprint density at radius 1 is 1.25 bits per heavy atom. The zero-order chi connectivity index (χ0) is 14.7. The van der Waals surface area contributed by atoms with Gasteiger partial charge in [-0.1, -0.05) is 19.9 Å². The summed E-state index contributed by atoms with van der Waals surface area (Å²) >= 11 is 0. The van der Waals surface area contributed by atoms with Crippen LogP contribution in [0.15, 0.2) is 36.5 Å². The lowest BCUT2D eigenvalue weighted by Gasteiger charge is -2.12. The van der Waals surface area contributed by atoms with Gasteiger partial charge in [0, 0.05) is 6.20 Å². The molecular weight excluding hydrogens is 250 g/mol. The van der Waals surface area contributed by atoms with Crippen molar-refractivity contribution < 1.29 is 9.53 Å². The Labute approximate surface area is 119 Å². The Bertz CT molecular complexity index is 633. The van der Waals surface area contributed by atoms with Gasteiger partial charge < -0.3 is 4.74 Å². The molecule has 0 N–H and O–H groups in total. The van der Waals surface area contributed by atoms with Crippen molar-refractivity contribution >= 4 is 5.78 Å². The second-order valence-electron chi connectivity index (χ2n) is 5.19. The Morgan fingerprint density at radius 3 is 2.60 bits per heavy atom. The van der Waals surface area contributed by atoms with Crippen molar-refractivity contribution in [2.75, 3.05) is 0 Å². The van der Waals surface area contributed by atoms with Crippen LogP contribution < -0.4 is 4.74 Å². The molecule has 0 aliphatic carbocycles. The van der Waals surface area contributed by atoms with Gasteiger partial charge in [-0.2, -0.15) is 0 Å². The molecule has 0 aliphatic rings. The fraction of sp³-hybridized carbons (Fsp3) is 0.294. The second-order valence-corrected chi connectivity index (χ2v) is 5.19. The fourth-order valence-corrected chi connectivity index (χ4v) is 2.21. The summed E-state index contributed by atoms with van der Waals surface area (Å²) in [7, 11) is 0. The minimum atomic E-state index is -0.0522. The van der Waals surface area contributed by atoms with Gasteiger partial charge in [0.2, 0.25) is 5.88 Å². The van der Waals surface area contributed by atoms with E-state index in [1.807, 2.05) is 12.1 Å². The summed E-state index contributed by atoms with van der Waals surface area (Å²) in [6.07, 6.45) is 1.62. The number of aromatic nitrogens is 1. The molecule has 0 saturated heterocycles. The monoisotopic (exact) mass is 269 g/mol. The van der Waals surface area contributed by atoms with Gasteiger partial charge in [0.1, 0.15) is 5.75 Å². The van der Waals surface area contributed by atoms with Crippen molar-refractivity contribution in [3.8, 4) is 11.6 Å². The number of carbonyl (C=O) groups is 1. The van der Waals surface area contributed by atoms with Crippen molar-refractivity contribution in [1.82, 2.24) is 4.98 Å². The zero-order valence-corrected chi connectivity index (χ0v) is 12.3. The van der Waals surface area contributed by atoms with Gasteiger partial charge in [0.25, 0.3) is 0 Å². The maximum absolute atomic E-state index is 11.5. The minimum absolute atomic E-state index is 0.0522. The molecule has 0 radical (unpaired) electrons. The van der Waals surface area contributed by atoms with Crippen LogP contribution in [-0.4, -0.2) is 10.8 Å². The van der Waals surface area contributed by atoms with E-state index >= 15 is 0 Å². The molecule has 2 aromatic rings. The highest BCUT2D eigenvalue weighted by molar-refractivity contribution is 5.96. The summed E-state index contributed by atoms with van der Waals surface area (Å²) in [5, 5.41) is 0. The van der Waals surface area contributed by atoms with Crippen LogP contribution in [0.2, 0.25) is 0 Å². The van der Waals surface area contributed by atoms with E-state index in [9.17, 15) is 4.79 Å². The second kappa shape index (κ2) is 5.87. The molecule has 0 bridgehead atoms. The van der Waals surface area contributed by atoms with E-state index in [1.54, 1.807) is 18.3 Å². The van der Waals surface area contributed by atoms with E-state index in [2.05, 4.69) is 31.8 Å². The van der Waals surface area contributed by atoms with Crippen molar-refractivity contribution in [1.29, 1.82) is 0 Å². The molecule has 0 unspecified atom stereocenters. The van der Waals surface area contributed by atoms with Crippen molar-refractivity contribution in [2.24, 2.45) is 0 Å². The van der Waals surface area contributed by atoms with Crippen molar-refractivity contribution in [3.05, 3.63) is 53.2 Å². The molecule has 1 aromatic heterocycles. The Morgan fingerprint density at radius 2 is 2.00 bits per heavy atom. The van der Waals surface area contributed by atoms with E-state index < -0.39 is 0 Å². The number of rotatable bonds is 4. The molecule has 104 valence electrons. The lowest BCUT2D eigenvalue weighted by molar-refractivity contribution is 0.101. The number of ether oxygens (including phenoxy) is 1. The lowest BCUT2D eigenvalue weighted by Crippen LogP contribution is -1.99. The van der Waals surface area contributed by atoms with E-state index in [1.165, 1.54) is 18.1 Å². The molecule has 0 fully saturated rings. The molecule has 0 amide bonds. The topological polar surface area (TPSA) is 39.2 Å². The number of Topliss-reactive ketones (excluding diaryl/α,β-unsaturated/α-hetero) is 1. The van der Waals surface area contributed by atoms with Crippen LogP contribution >= 0.6 is 0 Å². The fourth-order valence-electron chi connectivity index (χ4n) is 2.21. The Balaban J connectivity index is 2.31. The summed E-state index contributed by atoms with van der Waals surface area (Å²) in [5.74, 6) is 1.49. The van der Waals surface area contributed by atoms with E-state index in [0.29, 0.717) is 23.1 Å². The molecule has 3 nitrogen and oxygen atoms in total. The maximum atomic E-state index is 11.5. The first-order valence-corrected chi connectivity index (χ1v) is 6.73. The van der Waals surface area contributed by atoms with E-state index in [-0.39, 0.29) is 5.78 Å². The molecule has 1 aromatic carbocycles. The third-order valence-electron chi connectivity index (χ3n) is 3.23. The number of benzene rings is 1. The maximum Gasteiger partial charge on any atom is 0.230 e. The van der Waals surface area contributed by atoms with E-state index in [0.717, 1.165) is 0 Å². The number of pyridine rings is 1.